The second-order valence-electron chi connectivity index (χ2n) is 12.5. The fraction of sp³-hybridized carbons (Fsp3) is 0. The van der Waals surface area contributed by atoms with Crippen LogP contribution in [0.4, 0.5) is 17.1 Å². The Hall–Kier alpha value is -6.82. The second kappa shape index (κ2) is 12.7. The van der Waals surface area contributed by atoms with E-state index in [1.165, 1.54) is 38.5 Å². The van der Waals surface area contributed by atoms with E-state index < -0.39 is 0 Å². The average Bonchev–Trinajstić information content (AvgIpc) is 3.54. The monoisotopic (exact) mass is 636 g/mol. The molecule has 0 bridgehead atoms. The minimum absolute atomic E-state index is 0.931. The zero-order valence-corrected chi connectivity index (χ0v) is 27.4. The Balaban J connectivity index is 1.05. The number of anilines is 3. The van der Waals surface area contributed by atoms with Gasteiger partial charge in [-0.05, 0) is 94.5 Å². The van der Waals surface area contributed by atoms with Gasteiger partial charge in [-0.3, -0.25) is 0 Å². The molecule has 0 N–H and O–H groups in total. The fourth-order valence-electron chi connectivity index (χ4n) is 6.96. The lowest BCUT2D eigenvalue weighted by atomic mass is 10.0. The first-order chi connectivity index (χ1) is 24.8. The van der Waals surface area contributed by atoms with Gasteiger partial charge < -0.3 is 9.47 Å². The van der Waals surface area contributed by atoms with E-state index in [1.54, 1.807) is 0 Å². The number of rotatable bonds is 7. The van der Waals surface area contributed by atoms with Crippen molar-refractivity contribution in [3.05, 3.63) is 206 Å². The highest BCUT2D eigenvalue weighted by molar-refractivity contribution is 6.09. The molecule has 1 aromatic heterocycles. The maximum absolute atomic E-state index is 3.47. The summed E-state index contributed by atoms with van der Waals surface area (Å²) >= 11 is 0. The van der Waals surface area contributed by atoms with Crippen LogP contribution in [0.5, 0.6) is 0 Å². The molecule has 0 aliphatic heterocycles. The minimum Gasteiger partial charge on any atom is -0.309 e. The van der Waals surface area contributed by atoms with Gasteiger partial charge in [0.2, 0.25) is 0 Å². The molecule has 0 aliphatic rings. The van der Waals surface area contributed by atoms with E-state index in [1.807, 2.05) is 6.07 Å². The number of nitrogens with zero attached hydrogens (tertiary/aromatic N) is 2. The van der Waals surface area contributed by atoms with Crippen molar-refractivity contribution in [1.82, 2.24) is 4.57 Å². The Kier molecular flexibility index (Phi) is 7.42. The van der Waals surface area contributed by atoms with Gasteiger partial charge in [-0.2, -0.15) is 0 Å². The minimum atomic E-state index is 0.931. The van der Waals surface area contributed by atoms with Crippen LogP contribution < -0.4 is 4.90 Å². The van der Waals surface area contributed by atoms with Crippen LogP contribution in [-0.2, 0) is 0 Å². The van der Waals surface area contributed by atoms with Crippen molar-refractivity contribution in [3.63, 3.8) is 0 Å². The Morgan fingerprint density at radius 1 is 0.340 bits per heavy atom. The molecule has 2 heteroatoms. The molecule has 0 aliphatic carbocycles. The molecular formula is C48H32N2. The van der Waals surface area contributed by atoms with Crippen molar-refractivity contribution < 1.29 is 0 Å². The maximum atomic E-state index is 3.47. The molecule has 0 atom stereocenters. The van der Waals surface area contributed by atoms with Crippen LogP contribution in [0.2, 0.25) is 0 Å². The van der Waals surface area contributed by atoms with Crippen LogP contribution in [0.1, 0.15) is 0 Å². The third kappa shape index (κ3) is 5.38. The van der Waals surface area contributed by atoms with Gasteiger partial charge in [0.05, 0.1) is 16.7 Å². The third-order valence-corrected chi connectivity index (χ3v) is 9.46. The van der Waals surface area contributed by atoms with Crippen LogP contribution in [0.3, 0.4) is 0 Å². The molecular weight excluding hydrogens is 605 g/mol. The van der Waals surface area contributed by atoms with Gasteiger partial charge >= 0.3 is 0 Å². The molecule has 0 amide bonds. The summed E-state index contributed by atoms with van der Waals surface area (Å²) < 4.78 is 2.36. The van der Waals surface area contributed by atoms with Crippen molar-refractivity contribution >= 4 is 38.9 Å². The van der Waals surface area contributed by atoms with Crippen LogP contribution in [0.15, 0.2) is 194 Å². The van der Waals surface area contributed by atoms with Gasteiger partial charge in [0.1, 0.15) is 0 Å². The Morgan fingerprint density at radius 2 is 0.780 bits per heavy atom. The van der Waals surface area contributed by atoms with Crippen molar-refractivity contribution in [3.8, 4) is 39.1 Å². The van der Waals surface area contributed by atoms with E-state index >= 15 is 0 Å². The van der Waals surface area contributed by atoms with Crippen molar-refractivity contribution in [2.45, 2.75) is 0 Å². The summed E-state index contributed by atoms with van der Waals surface area (Å²) in [5.41, 5.74) is 13.5. The summed E-state index contributed by atoms with van der Waals surface area (Å²) in [6, 6.07) is 75.7. The Bertz CT molecular complexity index is 2390. The predicted octanol–water partition coefficient (Wildman–Crippen LogP) is 12.9. The molecule has 234 valence electrons. The van der Waals surface area contributed by atoms with E-state index in [0.717, 1.165) is 39.4 Å². The zero-order chi connectivity index (χ0) is 33.3. The highest BCUT2D eigenvalue weighted by atomic mass is 15.1. The van der Waals surface area contributed by atoms with E-state index in [9.17, 15) is 0 Å². The van der Waals surface area contributed by atoms with Gasteiger partial charge in [0.25, 0.3) is 0 Å². The number of hydrogen-bond acceptors (Lipinski definition) is 1. The maximum Gasteiger partial charge on any atom is 0.0973 e. The predicted molar refractivity (Wildman–Crippen MR) is 209 cm³/mol. The lowest BCUT2D eigenvalue weighted by Crippen LogP contribution is -2.09. The first kappa shape index (κ1) is 29.3. The molecule has 0 unspecified atom stereocenters. The normalized spacial score (nSPS) is 11.0. The zero-order valence-electron chi connectivity index (χ0n) is 27.4. The molecule has 0 fully saturated rings. The SMILES string of the molecule is c1c(-c2ccccc2)ccc(N(c2ccc(-c3ccccc3)cc2)c2ccc(-c3ccc(-n4c5ccccc5c5ccccc54)cc3)cc2)c#1. The lowest BCUT2D eigenvalue weighted by Gasteiger charge is -2.24. The number of hydrogen-bond donors (Lipinski definition) is 0. The first-order valence-electron chi connectivity index (χ1n) is 16.9. The van der Waals surface area contributed by atoms with Crippen LogP contribution in [0, 0.1) is 12.1 Å². The van der Waals surface area contributed by atoms with Gasteiger partial charge in [-0.25, -0.2) is 0 Å². The van der Waals surface area contributed by atoms with E-state index in [2.05, 4.69) is 210 Å². The molecule has 0 saturated heterocycles. The summed E-state index contributed by atoms with van der Waals surface area (Å²) in [5, 5.41) is 2.54. The largest absolute Gasteiger partial charge is 0.309 e. The highest BCUT2D eigenvalue weighted by Gasteiger charge is 2.15. The number of para-hydroxylation sites is 2. The molecule has 1 heterocycles. The Labute approximate surface area is 292 Å². The summed E-state index contributed by atoms with van der Waals surface area (Å²) in [6.45, 7) is 0. The molecule has 50 heavy (non-hydrogen) atoms. The average molecular weight is 637 g/mol. The van der Waals surface area contributed by atoms with E-state index in [4.69, 9.17) is 0 Å². The number of aromatic nitrogens is 1. The van der Waals surface area contributed by atoms with Crippen molar-refractivity contribution in [2.24, 2.45) is 0 Å². The number of benzene rings is 7. The third-order valence-electron chi connectivity index (χ3n) is 9.46. The lowest BCUT2D eigenvalue weighted by molar-refractivity contribution is 1.18. The molecule has 2 nitrogen and oxygen atoms in total. The standard InChI is InChI=1S/C48H32N2/c1-3-11-35(12-4-1)37-19-27-41(28-20-37)49(42-29-21-38(22-30-42)36-13-5-2-6-14-36)43-31-23-39(24-32-43)40-25-33-44(34-26-40)50-47-17-9-7-15-45(47)46-16-8-10-18-48(46)50/h1-21,23-29,31-34H. The first-order valence-corrected chi connectivity index (χ1v) is 16.9. The summed E-state index contributed by atoms with van der Waals surface area (Å²) in [5.74, 6) is 0. The molecule has 0 radical (unpaired) electrons. The second-order valence-corrected chi connectivity index (χ2v) is 12.5. The molecule has 9 aromatic rings. The van der Waals surface area contributed by atoms with Gasteiger partial charge in [-0.15, -0.1) is 0 Å². The van der Waals surface area contributed by atoms with Crippen LogP contribution in [0.25, 0.3) is 60.9 Å². The van der Waals surface area contributed by atoms with Gasteiger partial charge in [0.15, 0.2) is 0 Å². The van der Waals surface area contributed by atoms with Gasteiger partial charge in [0, 0.05) is 33.4 Å². The molecule has 8 aromatic carbocycles. The van der Waals surface area contributed by atoms with Crippen molar-refractivity contribution in [1.29, 1.82) is 0 Å². The summed E-state index contributed by atoms with van der Waals surface area (Å²) in [6.07, 6.45) is 0. The molecule has 0 saturated carbocycles. The quantitative estimate of drug-likeness (QED) is 0.169. The smallest absolute Gasteiger partial charge is 0.0973 e. The summed E-state index contributed by atoms with van der Waals surface area (Å²) in [7, 11) is 0. The van der Waals surface area contributed by atoms with Crippen LogP contribution in [-0.4, -0.2) is 4.57 Å². The van der Waals surface area contributed by atoms with E-state index in [-0.39, 0.29) is 0 Å². The summed E-state index contributed by atoms with van der Waals surface area (Å²) in [4.78, 5) is 2.25. The highest BCUT2D eigenvalue weighted by Crippen LogP contribution is 2.37. The topological polar surface area (TPSA) is 8.17 Å². The Morgan fingerprint density at radius 3 is 1.28 bits per heavy atom. The fourth-order valence-corrected chi connectivity index (χ4v) is 6.96. The van der Waals surface area contributed by atoms with E-state index in [0.29, 0.717) is 0 Å². The van der Waals surface area contributed by atoms with Crippen molar-refractivity contribution in [2.75, 3.05) is 4.90 Å². The molecule has 0 spiro atoms. The number of fused-ring (bicyclic) bond motifs is 3. The van der Waals surface area contributed by atoms with Crippen LogP contribution >= 0.6 is 0 Å². The molecule has 9 rings (SSSR count). The van der Waals surface area contributed by atoms with Gasteiger partial charge in [-0.1, -0.05) is 140 Å².